The molecule has 0 saturated carbocycles. The number of benzene rings is 1. The van der Waals surface area contributed by atoms with E-state index in [2.05, 4.69) is 15.6 Å². The fraction of sp³-hybridized carbons (Fsp3) is 0.333. The van der Waals surface area contributed by atoms with Crippen LogP contribution < -0.4 is 16.4 Å². The number of nitrogens with zero attached hydrogens (tertiary/aromatic N) is 1. The van der Waals surface area contributed by atoms with Crippen molar-refractivity contribution in [3.05, 3.63) is 29.8 Å². The molecule has 5 heteroatoms. The first-order valence-corrected chi connectivity index (χ1v) is 5.57. The Hall–Kier alpha value is -1.88. The van der Waals surface area contributed by atoms with Crippen LogP contribution in [0.15, 0.2) is 29.3 Å². The number of guanidine groups is 1. The summed E-state index contributed by atoms with van der Waals surface area (Å²) >= 11 is 0. The van der Waals surface area contributed by atoms with Crippen molar-refractivity contribution in [3.8, 4) is 0 Å². The molecule has 0 aliphatic carbocycles. The van der Waals surface area contributed by atoms with Gasteiger partial charge in [0.05, 0.1) is 6.54 Å². The Morgan fingerprint density at radius 1 is 1.59 bits per heavy atom. The summed E-state index contributed by atoms with van der Waals surface area (Å²) in [5, 5.41) is 6.22. The van der Waals surface area contributed by atoms with Gasteiger partial charge in [-0.15, -0.1) is 0 Å². The van der Waals surface area contributed by atoms with Crippen LogP contribution in [0, 0.1) is 0 Å². The lowest BCUT2D eigenvalue weighted by molar-refractivity contribution is 0.101. The predicted molar refractivity (Wildman–Crippen MR) is 68.3 cm³/mol. The molecule has 1 heterocycles. The van der Waals surface area contributed by atoms with Crippen LogP contribution in [0.4, 0.5) is 5.69 Å². The topological polar surface area (TPSA) is 79.5 Å². The number of carbonyl (C=O) groups excluding carboxylic acids is 1. The van der Waals surface area contributed by atoms with Gasteiger partial charge in [-0.3, -0.25) is 9.79 Å². The second-order valence-electron chi connectivity index (χ2n) is 4.09. The van der Waals surface area contributed by atoms with E-state index in [0.717, 1.165) is 5.69 Å². The molecule has 0 amide bonds. The monoisotopic (exact) mass is 232 g/mol. The Morgan fingerprint density at radius 3 is 3.06 bits per heavy atom. The first kappa shape index (κ1) is 11.6. The Morgan fingerprint density at radius 2 is 2.41 bits per heavy atom. The van der Waals surface area contributed by atoms with Gasteiger partial charge in [0.15, 0.2) is 11.7 Å². The number of hydrogen-bond acceptors (Lipinski definition) is 5. The van der Waals surface area contributed by atoms with Crippen molar-refractivity contribution < 1.29 is 4.79 Å². The molecule has 1 aromatic rings. The average molecular weight is 232 g/mol. The van der Waals surface area contributed by atoms with Gasteiger partial charge in [-0.25, -0.2) is 0 Å². The van der Waals surface area contributed by atoms with Gasteiger partial charge in [0.25, 0.3) is 0 Å². The molecular weight excluding hydrogens is 216 g/mol. The van der Waals surface area contributed by atoms with E-state index in [1.54, 1.807) is 19.1 Å². The van der Waals surface area contributed by atoms with Crippen LogP contribution in [-0.2, 0) is 0 Å². The summed E-state index contributed by atoms with van der Waals surface area (Å²) in [6.07, 6.45) is 0. The van der Waals surface area contributed by atoms with Crippen molar-refractivity contribution in [2.24, 2.45) is 10.7 Å². The summed E-state index contributed by atoms with van der Waals surface area (Å²) in [6.45, 7) is 2.87. The zero-order valence-electron chi connectivity index (χ0n) is 9.73. The number of Topliss-reactive ketones (excluding diaryl/α,β-unsaturated/α-hetero) is 1. The molecule has 1 aliphatic heterocycles. The number of carbonyl (C=O) groups is 1. The number of nitrogens with one attached hydrogen (secondary N) is 2. The second-order valence-corrected chi connectivity index (χ2v) is 4.09. The van der Waals surface area contributed by atoms with Crippen LogP contribution in [0.2, 0.25) is 0 Å². The largest absolute Gasteiger partial charge is 0.354 e. The van der Waals surface area contributed by atoms with Crippen LogP contribution in [0.25, 0.3) is 0 Å². The first-order valence-electron chi connectivity index (χ1n) is 5.57. The van der Waals surface area contributed by atoms with E-state index in [1.165, 1.54) is 0 Å². The summed E-state index contributed by atoms with van der Waals surface area (Å²) in [5.41, 5.74) is 7.24. The molecule has 4 N–H and O–H groups in total. The minimum atomic E-state index is 0.0502. The van der Waals surface area contributed by atoms with E-state index >= 15 is 0 Å². The summed E-state index contributed by atoms with van der Waals surface area (Å²) in [6, 6.07) is 7.41. The summed E-state index contributed by atoms with van der Waals surface area (Å²) in [5.74, 6) is 0.751. The lowest BCUT2D eigenvalue weighted by Crippen LogP contribution is -2.46. The standard InChI is InChI=1S/C12H16N4O/c1-8(17)9-3-2-4-11(5-9)16-12-14-6-10(13)7-15-12/h2-5,10H,6-7,13H2,1H3,(H2,14,15,16). The Labute approximate surface area is 100 Å². The van der Waals surface area contributed by atoms with Crippen LogP contribution in [0.3, 0.4) is 0 Å². The van der Waals surface area contributed by atoms with Crippen LogP contribution >= 0.6 is 0 Å². The number of rotatable bonds is 2. The quantitative estimate of drug-likeness (QED) is 0.652. The van der Waals surface area contributed by atoms with Crippen molar-refractivity contribution in [2.75, 3.05) is 18.4 Å². The Bertz CT molecular complexity index is 456. The SMILES string of the molecule is CC(=O)c1cccc(NC2=NCC(N)CN2)c1. The van der Waals surface area contributed by atoms with E-state index in [0.29, 0.717) is 24.6 Å². The number of nitrogens with two attached hydrogens (primary N) is 1. The molecule has 2 rings (SSSR count). The zero-order chi connectivity index (χ0) is 12.3. The summed E-state index contributed by atoms with van der Waals surface area (Å²) < 4.78 is 0. The maximum Gasteiger partial charge on any atom is 0.195 e. The average Bonchev–Trinajstić information content (AvgIpc) is 2.32. The van der Waals surface area contributed by atoms with Crippen molar-refractivity contribution in [2.45, 2.75) is 13.0 Å². The van der Waals surface area contributed by atoms with Gasteiger partial charge < -0.3 is 16.4 Å². The van der Waals surface area contributed by atoms with Crippen LogP contribution in [-0.4, -0.2) is 30.9 Å². The third-order valence-electron chi connectivity index (χ3n) is 2.55. The predicted octanol–water partition coefficient (Wildman–Crippen LogP) is 0.588. The molecule has 0 saturated heterocycles. The van der Waals surface area contributed by atoms with Gasteiger partial charge in [0.2, 0.25) is 0 Å². The zero-order valence-corrected chi connectivity index (χ0v) is 9.73. The number of hydrogen-bond donors (Lipinski definition) is 3. The van der Waals surface area contributed by atoms with Gasteiger partial charge in [-0.1, -0.05) is 12.1 Å². The highest BCUT2D eigenvalue weighted by molar-refractivity contribution is 5.98. The summed E-state index contributed by atoms with van der Waals surface area (Å²) in [4.78, 5) is 15.5. The molecule has 0 aromatic heterocycles. The highest BCUT2D eigenvalue weighted by Crippen LogP contribution is 2.11. The van der Waals surface area contributed by atoms with Gasteiger partial charge in [0.1, 0.15) is 0 Å². The van der Waals surface area contributed by atoms with E-state index in [1.807, 2.05) is 12.1 Å². The smallest absolute Gasteiger partial charge is 0.195 e. The highest BCUT2D eigenvalue weighted by Gasteiger charge is 2.10. The highest BCUT2D eigenvalue weighted by atomic mass is 16.1. The number of aliphatic imine (C=N–C) groups is 1. The molecule has 1 unspecified atom stereocenters. The van der Waals surface area contributed by atoms with Crippen LogP contribution in [0.5, 0.6) is 0 Å². The molecule has 1 aromatic carbocycles. The molecule has 90 valence electrons. The van der Waals surface area contributed by atoms with Gasteiger partial charge in [-0.05, 0) is 19.1 Å². The Kier molecular flexibility index (Phi) is 3.39. The maximum absolute atomic E-state index is 11.2. The number of ketones is 1. The molecule has 1 aliphatic rings. The lowest BCUT2D eigenvalue weighted by atomic mass is 10.1. The molecular formula is C12H16N4O. The van der Waals surface area contributed by atoms with E-state index < -0.39 is 0 Å². The van der Waals surface area contributed by atoms with E-state index in [4.69, 9.17) is 5.73 Å². The van der Waals surface area contributed by atoms with Crippen molar-refractivity contribution in [1.29, 1.82) is 0 Å². The van der Waals surface area contributed by atoms with Crippen molar-refractivity contribution in [3.63, 3.8) is 0 Å². The number of anilines is 1. The fourth-order valence-electron chi connectivity index (χ4n) is 1.59. The van der Waals surface area contributed by atoms with Gasteiger partial charge in [0, 0.05) is 23.8 Å². The lowest BCUT2D eigenvalue weighted by Gasteiger charge is -2.20. The third-order valence-corrected chi connectivity index (χ3v) is 2.55. The molecule has 1 atom stereocenters. The minimum Gasteiger partial charge on any atom is -0.354 e. The fourth-order valence-corrected chi connectivity index (χ4v) is 1.59. The summed E-state index contributed by atoms with van der Waals surface area (Å²) in [7, 11) is 0. The third kappa shape index (κ3) is 3.04. The molecule has 0 fully saturated rings. The minimum absolute atomic E-state index is 0.0502. The van der Waals surface area contributed by atoms with Crippen LogP contribution in [0.1, 0.15) is 17.3 Å². The second kappa shape index (κ2) is 4.97. The molecule has 0 bridgehead atoms. The first-order chi connectivity index (χ1) is 8.15. The van der Waals surface area contributed by atoms with Gasteiger partial charge in [-0.2, -0.15) is 0 Å². The van der Waals surface area contributed by atoms with Crippen molar-refractivity contribution in [1.82, 2.24) is 5.32 Å². The molecule has 5 nitrogen and oxygen atoms in total. The maximum atomic E-state index is 11.2. The van der Waals surface area contributed by atoms with E-state index in [9.17, 15) is 4.79 Å². The molecule has 0 radical (unpaired) electrons. The molecule has 17 heavy (non-hydrogen) atoms. The van der Waals surface area contributed by atoms with Gasteiger partial charge >= 0.3 is 0 Å². The van der Waals surface area contributed by atoms with E-state index in [-0.39, 0.29) is 11.8 Å². The Balaban J connectivity index is 2.08. The molecule has 0 spiro atoms. The normalized spacial score (nSPS) is 19.2. The van der Waals surface area contributed by atoms with Crippen molar-refractivity contribution >= 4 is 17.4 Å².